The lowest BCUT2D eigenvalue weighted by molar-refractivity contribution is -0.158. The first kappa shape index (κ1) is 25.4. The number of carbonyl (C=O) groups excluding carboxylic acids is 3. The smallest absolute Gasteiger partial charge is 0.339 e. The first-order valence-electron chi connectivity index (χ1n) is 10.9. The van der Waals surface area contributed by atoms with E-state index in [2.05, 4.69) is 5.32 Å². The molecule has 0 radical (unpaired) electrons. The van der Waals surface area contributed by atoms with E-state index < -0.39 is 39.9 Å². The Kier molecular flexibility index (Phi) is 8.06. The van der Waals surface area contributed by atoms with Gasteiger partial charge in [0.25, 0.3) is 5.91 Å². The maximum Gasteiger partial charge on any atom is 0.339 e. The highest BCUT2D eigenvalue weighted by atomic mass is 32.2. The SMILES string of the molecule is COC(=O)c1ccccc1S(=O)(=O)N1CCC(C(=O)OC(C)C(=O)Nc2ccc(C)cc2)CC1. The van der Waals surface area contributed by atoms with Gasteiger partial charge in [-0.1, -0.05) is 29.8 Å². The molecule has 1 unspecified atom stereocenters. The number of rotatable bonds is 7. The van der Waals surface area contributed by atoms with Crippen LogP contribution in [0.25, 0.3) is 0 Å². The fraction of sp³-hybridized carbons (Fsp3) is 0.375. The molecule has 2 aromatic carbocycles. The second kappa shape index (κ2) is 10.8. The molecular weight excluding hydrogens is 460 g/mol. The van der Waals surface area contributed by atoms with Gasteiger partial charge in [-0.2, -0.15) is 4.31 Å². The number of piperidine rings is 1. The lowest BCUT2D eigenvalue weighted by atomic mass is 9.98. The molecule has 0 bridgehead atoms. The van der Waals surface area contributed by atoms with E-state index in [0.717, 1.165) is 5.56 Å². The zero-order valence-corrected chi connectivity index (χ0v) is 20.1. The number of aryl methyl sites for hydroxylation is 1. The normalized spacial score (nSPS) is 15.9. The summed E-state index contributed by atoms with van der Waals surface area (Å²) in [6, 6.07) is 13.1. The van der Waals surface area contributed by atoms with Crippen LogP contribution in [-0.4, -0.2) is 56.9 Å². The summed E-state index contributed by atoms with van der Waals surface area (Å²) in [6.45, 7) is 3.60. The van der Waals surface area contributed by atoms with Crippen LogP contribution in [-0.2, 0) is 29.1 Å². The van der Waals surface area contributed by atoms with Gasteiger partial charge < -0.3 is 14.8 Å². The summed E-state index contributed by atoms with van der Waals surface area (Å²) in [5.41, 5.74) is 1.61. The number of sulfonamides is 1. The van der Waals surface area contributed by atoms with Crippen molar-refractivity contribution in [2.24, 2.45) is 5.92 Å². The van der Waals surface area contributed by atoms with E-state index in [9.17, 15) is 22.8 Å². The average molecular weight is 489 g/mol. The Hall–Kier alpha value is -3.24. The molecule has 0 aliphatic carbocycles. The van der Waals surface area contributed by atoms with Gasteiger partial charge in [0.15, 0.2) is 6.10 Å². The first-order valence-corrected chi connectivity index (χ1v) is 12.3. The van der Waals surface area contributed by atoms with Crippen LogP contribution in [0.15, 0.2) is 53.4 Å². The number of ether oxygens (including phenoxy) is 2. The largest absolute Gasteiger partial charge is 0.465 e. The standard InChI is InChI=1S/C24H28N2O7S/c1-16-8-10-19(11-9-16)25-22(27)17(2)33-23(28)18-12-14-26(15-13-18)34(30,31)21-7-5-4-6-20(21)24(29)32-3/h4-11,17-18H,12-15H2,1-3H3,(H,25,27). The monoisotopic (exact) mass is 488 g/mol. The van der Waals surface area contributed by atoms with E-state index >= 15 is 0 Å². The number of hydrogen-bond donors (Lipinski definition) is 1. The molecule has 1 fully saturated rings. The van der Waals surface area contributed by atoms with Crippen LogP contribution < -0.4 is 5.32 Å². The zero-order chi connectivity index (χ0) is 24.9. The van der Waals surface area contributed by atoms with Crippen molar-refractivity contribution in [3.63, 3.8) is 0 Å². The number of carbonyl (C=O) groups is 3. The molecule has 1 aliphatic heterocycles. The van der Waals surface area contributed by atoms with Gasteiger partial charge in [0.05, 0.1) is 23.5 Å². The number of nitrogens with zero attached hydrogens (tertiary/aromatic N) is 1. The summed E-state index contributed by atoms with van der Waals surface area (Å²) >= 11 is 0. The molecule has 34 heavy (non-hydrogen) atoms. The summed E-state index contributed by atoms with van der Waals surface area (Å²) in [5, 5.41) is 2.70. The van der Waals surface area contributed by atoms with Crippen molar-refractivity contribution < 1.29 is 32.3 Å². The second-order valence-corrected chi connectivity index (χ2v) is 10.0. The number of methoxy groups -OCH3 is 1. The molecule has 0 saturated carbocycles. The van der Waals surface area contributed by atoms with Gasteiger partial charge in [-0.15, -0.1) is 0 Å². The fourth-order valence-corrected chi connectivity index (χ4v) is 5.30. The summed E-state index contributed by atoms with van der Waals surface area (Å²) < 4.78 is 37.5. The predicted octanol–water partition coefficient (Wildman–Crippen LogP) is 2.75. The molecule has 1 amide bonds. The van der Waals surface area contributed by atoms with Gasteiger partial charge in [-0.25, -0.2) is 13.2 Å². The highest BCUT2D eigenvalue weighted by Gasteiger charge is 2.35. The molecule has 10 heteroatoms. The predicted molar refractivity (Wildman–Crippen MR) is 125 cm³/mol. The summed E-state index contributed by atoms with van der Waals surface area (Å²) in [6.07, 6.45) is -0.516. The van der Waals surface area contributed by atoms with Crippen molar-refractivity contribution in [3.05, 3.63) is 59.7 Å². The summed E-state index contributed by atoms with van der Waals surface area (Å²) in [7, 11) is -2.77. The summed E-state index contributed by atoms with van der Waals surface area (Å²) in [5.74, 6) is -2.26. The quantitative estimate of drug-likeness (QED) is 0.595. The van der Waals surface area contributed by atoms with Crippen molar-refractivity contribution in [2.45, 2.75) is 37.7 Å². The van der Waals surface area contributed by atoms with Crippen LogP contribution in [0.4, 0.5) is 5.69 Å². The number of amides is 1. The molecule has 9 nitrogen and oxygen atoms in total. The van der Waals surface area contributed by atoms with E-state index in [-0.39, 0.29) is 36.4 Å². The Morgan fingerprint density at radius 2 is 1.65 bits per heavy atom. The molecule has 1 saturated heterocycles. The van der Waals surface area contributed by atoms with Crippen molar-refractivity contribution in [3.8, 4) is 0 Å². The maximum absolute atomic E-state index is 13.1. The molecule has 0 aromatic heterocycles. The first-order chi connectivity index (χ1) is 16.1. The number of hydrogen-bond acceptors (Lipinski definition) is 7. The third-order valence-electron chi connectivity index (χ3n) is 5.68. The molecule has 1 aliphatic rings. The molecule has 0 spiro atoms. The van der Waals surface area contributed by atoms with Gasteiger partial charge >= 0.3 is 11.9 Å². The minimum atomic E-state index is -3.95. The van der Waals surface area contributed by atoms with Gasteiger partial charge in [0.2, 0.25) is 10.0 Å². The Labute approximate surface area is 199 Å². The third kappa shape index (κ3) is 5.81. The van der Waals surface area contributed by atoms with Gasteiger partial charge in [0.1, 0.15) is 0 Å². The Bertz CT molecular complexity index is 1150. The van der Waals surface area contributed by atoms with Crippen molar-refractivity contribution in [2.75, 3.05) is 25.5 Å². The molecule has 1 heterocycles. The highest BCUT2D eigenvalue weighted by Crippen LogP contribution is 2.27. The minimum Gasteiger partial charge on any atom is -0.465 e. The van der Waals surface area contributed by atoms with Crippen molar-refractivity contribution >= 4 is 33.6 Å². The van der Waals surface area contributed by atoms with Crippen molar-refractivity contribution in [1.82, 2.24) is 4.31 Å². The third-order valence-corrected chi connectivity index (χ3v) is 7.64. The van der Waals surface area contributed by atoms with Crippen LogP contribution >= 0.6 is 0 Å². The Balaban J connectivity index is 1.58. The molecule has 2 aromatic rings. The molecule has 1 atom stereocenters. The highest BCUT2D eigenvalue weighted by molar-refractivity contribution is 7.89. The Morgan fingerprint density at radius 1 is 1.03 bits per heavy atom. The molecular formula is C24H28N2O7S. The van der Waals surface area contributed by atoms with E-state index in [1.807, 2.05) is 19.1 Å². The van der Waals surface area contributed by atoms with Gasteiger partial charge in [-0.3, -0.25) is 9.59 Å². The number of esters is 2. The van der Waals surface area contributed by atoms with Crippen LogP contribution in [0.1, 0.15) is 35.7 Å². The topological polar surface area (TPSA) is 119 Å². The van der Waals surface area contributed by atoms with Crippen LogP contribution in [0.3, 0.4) is 0 Å². The van der Waals surface area contributed by atoms with E-state index in [0.29, 0.717) is 5.69 Å². The van der Waals surface area contributed by atoms with Gasteiger partial charge in [-0.05, 0) is 51.0 Å². The molecule has 1 N–H and O–H groups in total. The van der Waals surface area contributed by atoms with E-state index in [1.54, 1.807) is 18.2 Å². The van der Waals surface area contributed by atoms with E-state index in [1.165, 1.54) is 36.5 Å². The second-order valence-electron chi connectivity index (χ2n) is 8.10. The maximum atomic E-state index is 13.1. The lowest BCUT2D eigenvalue weighted by Crippen LogP contribution is -2.42. The fourth-order valence-electron chi connectivity index (χ4n) is 3.65. The molecule has 182 valence electrons. The zero-order valence-electron chi connectivity index (χ0n) is 19.3. The van der Waals surface area contributed by atoms with Crippen LogP contribution in [0.2, 0.25) is 0 Å². The lowest BCUT2D eigenvalue weighted by Gasteiger charge is -2.31. The van der Waals surface area contributed by atoms with Crippen molar-refractivity contribution in [1.29, 1.82) is 0 Å². The van der Waals surface area contributed by atoms with Crippen LogP contribution in [0, 0.1) is 12.8 Å². The summed E-state index contributed by atoms with van der Waals surface area (Å²) in [4.78, 5) is 36.8. The van der Waals surface area contributed by atoms with Crippen LogP contribution in [0.5, 0.6) is 0 Å². The number of anilines is 1. The number of benzene rings is 2. The average Bonchev–Trinajstić information content (AvgIpc) is 2.84. The molecule has 3 rings (SSSR count). The Morgan fingerprint density at radius 3 is 2.26 bits per heavy atom. The number of nitrogens with one attached hydrogen (secondary N) is 1. The minimum absolute atomic E-state index is 0.0417. The van der Waals surface area contributed by atoms with Gasteiger partial charge in [0, 0.05) is 18.8 Å². The van der Waals surface area contributed by atoms with E-state index in [4.69, 9.17) is 9.47 Å².